The molecule has 0 radical (unpaired) electrons. The number of carbonyl (C=O) groups is 1. The van der Waals surface area contributed by atoms with Crippen molar-refractivity contribution in [3.63, 3.8) is 0 Å². The fourth-order valence-corrected chi connectivity index (χ4v) is 1.72. The van der Waals surface area contributed by atoms with Crippen molar-refractivity contribution < 1.29 is 13.9 Å². The fourth-order valence-electron chi connectivity index (χ4n) is 1.72. The summed E-state index contributed by atoms with van der Waals surface area (Å²) in [4.78, 5) is 13.3. The first kappa shape index (κ1) is 14.6. The van der Waals surface area contributed by atoms with Gasteiger partial charge in [-0.2, -0.15) is 0 Å². The lowest BCUT2D eigenvalue weighted by atomic mass is 10.1. The molecule has 0 aliphatic carbocycles. The van der Waals surface area contributed by atoms with Crippen molar-refractivity contribution in [3.8, 4) is 0 Å². The van der Waals surface area contributed by atoms with Gasteiger partial charge in [0.1, 0.15) is 5.82 Å². The molecule has 0 fully saturated rings. The molecule has 0 bridgehead atoms. The molecule has 0 aromatic heterocycles. The molecule has 1 aromatic rings. The van der Waals surface area contributed by atoms with Gasteiger partial charge in [0.05, 0.1) is 12.7 Å². The molecule has 1 aromatic carbocycles. The van der Waals surface area contributed by atoms with Crippen LogP contribution in [0.25, 0.3) is 0 Å². The Bertz CT molecular complexity index is 410. The summed E-state index contributed by atoms with van der Waals surface area (Å²) in [5.41, 5.74) is 6.27. The van der Waals surface area contributed by atoms with Gasteiger partial charge in [0.15, 0.2) is 0 Å². The Morgan fingerprint density at radius 2 is 2.22 bits per heavy atom. The predicted molar refractivity (Wildman–Crippen MR) is 67.7 cm³/mol. The van der Waals surface area contributed by atoms with E-state index < -0.39 is 11.8 Å². The molecule has 0 spiro atoms. The van der Waals surface area contributed by atoms with Gasteiger partial charge >= 0.3 is 5.97 Å². The van der Waals surface area contributed by atoms with Crippen LogP contribution >= 0.6 is 0 Å². The van der Waals surface area contributed by atoms with Gasteiger partial charge in [0.2, 0.25) is 0 Å². The third-order valence-corrected chi connectivity index (χ3v) is 2.74. The molecule has 0 saturated heterocycles. The van der Waals surface area contributed by atoms with Crippen LogP contribution < -0.4 is 5.73 Å². The quantitative estimate of drug-likeness (QED) is 0.779. The Labute approximate surface area is 107 Å². The number of halogens is 1. The summed E-state index contributed by atoms with van der Waals surface area (Å²) in [6.07, 6.45) is 0. The Kier molecular flexibility index (Phi) is 5.74. The van der Waals surface area contributed by atoms with Crippen molar-refractivity contribution in [1.82, 2.24) is 4.90 Å². The summed E-state index contributed by atoms with van der Waals surface area (Å²) in [7, 11) is 1.23. The number of ether oxygens (including phenoxy) is 1. The largest absolute Gasteiger partial charge is 0.465 e. The minimum absolute atomic E-state index is 0.0388. The minimum Gasteiger partial charge on any atom is -0.465 e. The highest BCUT2D eigenvalue weighted by atomic mass is 19.1. The number of nitrogens with zero attached hydrogens (tertiary/aromatic N) is 1. The Balaban J connectivity index is 2.80. The van der Waals surface area contributed by atoms with E-state index in [1.54, 1.807) is 6.07 Å². The molecule has 1 rings (SSSR count). The van der Waals surface area contributed by atoms with E-state index in [1.807, 2.05) is 6.92 Å². The molecule has 0 saturated carbocycles. The fraction of sp³-hybridized carbons (Fsp3) is 0.462. The zero-order chi connectivity index (χ0) is 13.5. The molecule has 0 aliphatic heterocycles. The second-order valence-corrected chi connectivity index (χ2v) is 3.96. The van der Waals surface area contributed by atoms with E-state index in [9.17, 15) is 9.18 Å². The molecule has 0 aliphatic rings. The average molecular weight is 254 g/mol. The van der Waals surface area contributed by atoms with E-state index in [1.165, 1.54) is 19.2 Å². The summed E-state index contributed by atoms with van der Waals surface area (Å²) < 4.78 is 18.2. The molecule has 0 atom stereocenters. The highest BCUT2D eigenvalue weighted by Crippen LogP contribution is 2.13. The number of methoxy groups -OCH3 is 1. The van der Waals surface area contributed by atoms with E-state index >= 15 is 0 Å². The smallest absolute Gasteiger partial charge is 0.340 e. The number of nitrogens with two attached hydrogens (primary N) is 1. The van der Waals surface area contributed by atoms with Crippen molar-refractivity contribution in [3.05, 3.63) is 35.1 Å². The van der Waals surface area contributed by atoms with Gasteiger partial charge in [0.25, 0.3) is 0 Å². The van der Waals surface area contributed by atoms with Crippen LogP contribution in [-0.4, -0.2) is 37.6 Å². The molecular formula is C13H19FN2O2. The second kappa shape index (κ2) is 7.08. The number of carbonyl (C=O) groups excluding carboxylic acids is 1. The maximum absolute atomic E-state index is 13.7. The second-order valence-electron chi connectivity index (χ2n) is 3.96. The van der Waals surface area contributed by atoms with Gasteiger partial charge in [-0.1, -0.05) is 13.0 Å². The number of hydrogen-bond donors (Lipinski definition) is 1. The molecule has 18 heavy (non-hydrogen) atoms. The Morgan fingerprint density at radius 1 is 1.50 bits per heavy atom. The summed E-state index contributed by atoms with van der Waals surface area (Å²) in [6, 6.07) is 4.55. The highest BCUT2D eigenvalue weighted by molar-refractivity contribution is 5.89. The Hall–Kier alpha value is -1.46. The van der Waals surface area contributed by atoms with Crippen LogP contribution in [0.15, 0.2) is 18.2 Å². The molecule has 0 unspecified atom stereocenters. The van der Waals surface area contributed by atoms with Crippen molar-refractivity contribution >= 4 is 5.97 Å². The van der Waals surface area contributed by atoms with E-state index in [0.29, 0.717) is 13.1 Å². The van der Waals surface area contributed by atoms with Crippen LogP contribution in [0.3, 0.4) is 0 Å². The monoisotopic (exact) mass is 254 g/mol. The third-order valence-electron chi connectivity index (χ3n) is 2.74. The van der Waals surface area contributed by atoms with E-state index in [2.05, 4.69) is 9.64 Å². The van der Waals surface area contributed by atoms with Gasteiger partial charge < -0.3 is 10.5 Å². The highest BCUT2D eigenvalue weighted by Gasteiger charge is 2.13. The third kappa shape index (κ3) is 3.78. The van der Waals surface area contributed by atoms with Gasteiger partial charge in [-0.05, 0) is 24.2 Å². The van der Waals surface area contributed by atoms with Crippen LogP contribution in [-0.2, 0) is 11.3 Å². The molecule has 0 amide bonds. The first-order valence-electron chi connectivity index (χ1n) is 5.91. The number of benzene rings is 1. The lowest BCUT2D eigenvalue weighted by Crippen LogP contribution is -2.28. The number of hydrogen-bond acceptors (Lipinski definition) is 4. The maximum atomic E-state index is 13.7. The van der Waals surface area contributed by atoms with Gasteiger partial charge in [-0.3, -0.25) is 4.90 Å². The molecule has 100 valence electrons. The SMILES string of the molecule is CCN(CCN)Cc1ccc(C(=O)OC)c(F)c1. The first-order chi connectivity index (χ1) is 8.62. The normalized spacial score (nSPS) is 10.7. The summed E-state index contributed by atoms with van der Waals surface area (Å²) in [5, 5.41) is 0. The maximum Gasteiger partial charge on any atom is 0.340 e. The lowest BCUT2D eigenvalue weighted by molar-refractivity contribution is 0.0595. The standard InChI is InChI=1S/C13H19FN2O2/c1-3-16(7-6-15)9-10-4-5-11(12(14)8-10)13(17)18-2/h4-5,8H,3,6-7,9,15H2,1-2H3. The summed E-state index contributed by atoms with van der Waals surface area (Å²) >= 11 is 0. The van der Waals surface area contributed by atoms with Crippen LogP contribution in [0.2, 0.25) is 0 Å². The van der Waals surface area contributed by atoms with Crippen molar-refractivity contribution in [2.45, 2.75) is 13.5 Å². The zero-order valence-corrected chi connectivity index (χ0v) is 10.8. The van der Waals surface area contributed by atoms with Crippen LogP contribution in [0.1, 0.15) is 22.8 Å². The van der Waals surface area contributed by atoms with E-state index in [-0.39, 0.29) is 5.56 Å². The van der Waals surface area contributed by atoms with Crippen molar-refractivity contribution in [1.29, 1.82) is 0 Å². The number of esters is 1. The average Bonchev–Trinajstić information content (AvgIpc) is 2.37. The summed E-state index contributed by atoms with van der Waals surface area (Å²) in [6.45, 7) is 4.81. The number of rotatable bonds is 6. The lowest BCUT2D eigenvalue weighted by Gasteiger charge is -2.19. The molecule has 0 heterocycles. The van der Waals surface area contributed by atoms with E-state index in [0.717, 1.165) is 18.7 Å². The molecule has 2 N–H and O–H groups in total. The summed E-state index contributed by atoms with van der Waals surface area (Å²) in [5.74, 6) is -1.21. The van der Waals surface area contributed by atoms with Crippen LogP contribution in [0.5, 0.6) is 0 Å². The van der Waals surface area contributed by atoms with Crippen molar-refractivity contribution in [2.24, 2.45) is 5.73 Å². The minimum atomic E-state index is -0.659. The van der Waals surface area contributed by atoms with Gasteiger partial charge in [-0.25, -0.2) is 9.18 Å². The van der Waals surface area contributed by atoms with Gasteiger partial charge in [0, 0.05) is 19.6 Å². The first-order valence-corrected chi connectivity index (χ1v) is 5.91. The van der Waals surface area contributed by atoms with Crippen molar-refractivity contribution in [2.75, 3.05) is 26.7 Å². The molecule has 4 nitrogen and oxygen atoms in total. The predicted octanol–water partition coefficient (Wildman–Crippen LogP) is 1.39. The van der Waals surface area contributed by atoms with E-state index in [4.69, 9.17) is 5.73 Å². The Morgan fingerprint density at radius 3 is 2.72 bits per heavy atom. The number of likely N-dealkylation sites (N-methyl/N-ethyl adjacent to an activating group) is 1. The zero-order valence-electron chi connectivity index (χ0n) is 10.8. The van der Waals surface area contributed by atoms with Gasteiger partial charge in [-0.15, -0.1) is 0 Å². The molecule has 5 heteroatoms. The topological polar surface area (TPSA) is 55.6 Å². The molecular weight excluding hydrogens is 235 g/mol. The van der Waals surface area contributed by atoms with Crippen LogP contribution in [0, 0.1) is 5.82 Å². The van der Waals surface area contributed by atoms with Crippen LogP contribution in [0.4, 0.5) is 4.39 Å².